The van der Waals surface area contributed by atoms with Gasteiger partial charge in [-0.2, -0.15) is 0 Å². The maximum atomic E-state index is 2.41. The van der Waals surface area contributed by atoms with Crippen LogP contribution in [-0.4, -0.2) is 0 Å². The van der Waals surface area contributed by atoms with Crippen LogP contribution in [0.2, 0.25) is 0 Å². The van der Waals surface area contributed by atoms with Crippen molar-refractivity contribution in [1.82, 2.24) is 0 Å². The molecule has 0 fully saturated rings. The summed E-state index contributed by atoms with van der Waals surface area (Å²) < 4.78 is 1.28. The third-order valence-corrected chi connectivity index (χ3v) is 9.39. The van der Waals surface area contributed by atoms with Crippen molar-refractivity contribution in [2.45, 2.75) is 35.0 Å². The van der Waals surface area contributed by atoms with E-state index in [1.807, 2.05) is 0 Å². The van der Waals surface area contributed by atoms with E-state index in [1.165, 1.54) is 51.6 Å². The summed E-state index contributed by atoms with van der Waals surface area (Å²) in [5.41, 5.74) is 7.84. The Kier molecular flexibility index (Phi) is 7.40. The lowest BCUT2D eigenvalue weighted by Gasteiger charge is -2.10. The molecule has 0 saturated carbocycles. The maximum Gasteiger partial charge on any atom is 0.166 e. The van der Waals surface area contributed by atoms with Crippen molar-refractivity contribution in [2.24, 2.45) is 0 Å². The molecule has 0 heterocycles. The van der Waals surface area contributed by atoms with E-state index >= 15 is 0 Å². The van der Waals surface area contributed by atoms with Crippen molar-refractivity contribution in [3.05, 3.63) is 147 Å². The van der Waals surface area contributed by atoms with Crippen LogP contribution < -0.4 is 0 Å². The average Bonchev–Trinajstić information content (AvgIpc) is 2.88. The largest absolute Gasteiger partial charge is 0.166 e. The molecule has 0 unspecified atom stereocenters. The predicted molar refractivity (Wildman–Crippen MR) is 158 cm³/mol. The van der Waals surface area contributed by atoms with Gasteiger partial charge in [-0.1, -0.05) is 90.0 Å². The van der Waals surface area contributed by atoms with Gasteiger partial charge in [-0.15, -0.1) is 0 Å². The number of hydrogen-bond acceptors (Lipinski definition) is 0. The first-order valence-electron chi connectivity index (χ1n) is 11.9. The fourth-order valence-corrected chi connectivity index (χ4v) is 6.97. The van der Waals surface area contributed by atoms with Crippen molar-refractivity contribution in [2.75, 3.05) is 0 Å². The van der Waals surface area contributed by atoms with E-state index in [9.17, 15) is 0 Å². The third kappa shape index (κ3) is 5.71. The Morgan fingerprint density at radius 1 is 0.514 bits per heavy atom. The van der Waals surface area contributed by atoms with E-state index < -0.39 is 0 Å². The zero-order valence-corrected chi connectivity index (χ0v) is 23.0. The molecule has 0 amide bonds. The molecule has 5 rings (SSSR count). The summed E-state index contributed by atoms with van der Waals surface area (Å²) in [6, 6.07) is 44.8. The molecule has 0 bridgehead atoms. The number of hydrogen-bond donors (Lipinski definition) is 0. The Balaban J connectivity index is 1.38. The monoisotopic (exact) mass is 583 g/mol. The molecule has 0 N–H and O–H groups in total. The van der Waals surface area contributed by atoms with Gasteiger partial charge in [-0.3, -0.25) is 0 Å². The first-order chi connectivity index (χ1) is 17.1. The lowest BCUT2D eigenvalue weighted by Crippen LogP contribution is -2.05. The molecule has 0 spiro atoms. The summed E-state index contributed by atoms with van der Waals surface area (Å²) in [7, 11) is -0.113. The standard InChI is InChI=1S/C33H28IS/c1-24-7-17-29(18-8-24)35(30-19-9-25(2)10-20-30)31-21-13-27(14-22-31)23-26-11-15-28(16-12-26)32-5-3-4-6-33(32)34/h3-22H,23H2,1-2H3/q+1. The molecular weight excluding hydrogens is 555 g/mol. The molecule has 0 radical (unpaired) electrons. The summed E-state index contributed by atoms with van der Waals surface area (Å²) in [4.78, 5) is 4.08. The smallest absolute Gasteiger partial charge is 0.0616 e. The van der Waals surface area contributed by atoms with Gasteiger partial charge in [0.2, 0.25) is 0 Å². The number of rotatable bonds is 6. The first kappa shape index (κ1) is 23.9. The van der Waals surface area contributed by atoms with Crippen molar-refractivity contribution >= 4 is 33.5 Å². The van der Waals surface area contributed by atoms with Gasteiger partial charge in [0.25, 0.3) is 0 Å². The van der Waals surface area contributed by atoms with Crippen LogP contribution in [-0.2, 0) is 17.3 Å². The quantitative estimate of drug-likeness (QED) is 0.138. The lowest BCUT2D eigenvalue weighted by atomic mass is 10.0. The van der Waals surface area contributed by atoms with Crippen molar-refractivity contribution in [1.29, 1.82) is 0 Å². The normalized spacial score (nSPS) is 11.1. The minimum Gasteiger partial charge on any atom is -0.0616 e. The zero-order valence-electron chi connectivity index (χ0n) is 20.0. The van der Waals surface area contributed by atoms with E-state index in [1.54, 1.807) is 0 Å². The highest BCUT2D eigenvalue weighted by Gasteiger charge is 2.28. The molecule has 172 valence electrons. The van der Waals surface area contributed by atoms with Crippen LogP contribution in [0.4, 0.5) is 0 Å². The van der Waals surface area contributed by atoms with Crippen molar-refractivity contribution in [3.8, 4) is 11.1 Å². The SMILES string of the molecule is Cc1ccc([S+](c2ccc(C)cc2)c2ccc(Cc3ccc(-c4ccccc4I)cc3)cc2)cc1. The second-order valence-corrected chi connectivity index (χ2v) is 12.1. The van der Waals surface area contributed by atoms with E-state index in [-0.39, 0.29) is 10.9 Å². The second kappa shape index (κ2) is 10.8. The molecular formula is C33H28IS+. The summed E-state index contributed by atoms with van der Waals surface area (Å²) >= 11 is 2.41. The molecule has 5 aromatic carbocycles. The molecule has 0 aliphatic heterocycles. The molecule has 0 aliphatic rings. The summed E-state index contributed by atoms with van der Waals surface area (Å²) in [5, 5.41) is 0. The van der Waals surface area contributed by atoms with Crippen LogP contribution in [0.15, 0.2) is 136 Å². The summed E-state index contributed by atoms with van der Waals surface area (Å²) in [6.45, 7) is 4.30. The lowest BCUT2D eigenvalue weighted by molar-refractivity contribution is 1.18. The highest BCUT2D eigenvalue weighted by molar-refractivity contribution is 14.1. The third-order valence-electron chi connectivity index (χ3n) is 6.22. The number of aryl methyl sites for hydroxylation is 2. The van der Waals surface area contributed by atoms with Gasteiger partial charge < -0.3 is 0 Å². The Morgan fingerprint density at radius 3 is 1.43 bits per heavy atom. The first-order valence-corrected chi connectivity index (χ1v) is 14.2. The summed E-state index contributed by atoms with van der Waals surface area (Å²) in [5.74, 6) is 0. The van der Waals surface area contributed by atoms with Gasteiger partial charge >= 0.3 is 0 Å². The van der Waals surface area contributed by atoms with Crippen LogP contribution in [0.25, 0.3) is 11.1 Å². The molecule has 0 saturated heterocycles. The fraction of sp³-hybridized carbons (Fsp3) is 0.0909. The van der Waals surface area contributed by atoms with Gasteiger partial charge in [-0.05, 0) is 108 Å². The van der Waals surface area contributed by atoms with Crippen LogP contribution in [0.3, 0.4) is 0 Å². The molecule has 0 nitrogen and oxygen atoms in total. The van der Waals surface area contributed by atoms with Gasteiger partial charge in [0.1, 0.15) is 0 Å². The van der Waals surface area contributed by atoms with Crippen LogP contribution >= 0.6 is 22.6 Å². The number of benzene rings is 5. The molecule has 0 aliphatic carbocycles. The Morgan fingerprint density at radius 2 is 0.943 bits per heavy atom. The minimum absolute atomic E-state index is 0.113. The van der Waals surface area contributed by atoms with Gasteiger partial charge in [-0.25, -0.2) is 0 Å². The Bertz CT molecular complexity index is 1360. The topological polar surface area (TPSA) is 0 Å². The van der Waals surface area contributed by atoms with E-state index in [0.29, 0.717) is 0 Å². The molecule has 35 heavy (non-hydrogen) atoms. The van der Waals surface area contributed by atoms with Crippen LogP contribution in [0.1, 0.15) is 22.3 Å². The number of halogens is 1. The van der Waals surface area contributed by atoms with E-state index in [4.69, 9.17) is 0 Å². The minimum atomic E-state index is -0.113. The molecule has 0 atom stereocenters. The van der Waals surface area contributed by atoms with Crippen molar-refractivity contribution in [3.63, 3.8) is 0 Å². The summed E-state index contributed by atoms with van der Waals surface area (Å²) in [6.07, 6.45) is 0.940. The average molecular weight is 584 g/mol. The van der Waals surface area contributed by atoms with E-state index in [2.05, 4.69) is 158 Å². The Labute approximate surface area is 225 Å². The predicted octanol–water partition coefficient (Wildman–Crippen LogP) is 9.26. The molecule has 0 aromatic heterocycles. The second-order valence-electron chi connectivity index (χ2n) is 8.93. The molecule has 5 aromatic rings. The van der Waals surface area contributed by atoms with Crippen LogP contribution in [0.5, 0.6) is 0 Å². The zero-order chi connectivity index (χ0) is 24.2. The van der Waals surface area contributed by atoms with Gasteiger partial charge in [0.15, 0.2) is 14.7 Å². The molecule has 2 heteroatoms. The maximum absolute atomic E-state index is 2.41. The highest BCUT2D eigenvalue weighted by Crippen LogP contribution is 2.32. The highest BCUT2D eigenvalue weighted by atomic mass is 127. The Hall–Kier alpha value is -2.82. The van der Waals surface area contributed by atoms with Crippen molar-refractivity contribution < 1.29 is 0 Å². The van der Waals surface area contributed by atoms with Gasteiger partial charge in [0, 0.05) is 3.57 Å². The van der Waals surface area contributed by atoms with E-state index in [0.717, 1.165) is 6.42 Å². The fourth-order valence-electron chi connectivity index (χ4n) is 4.23. The van der Waals surface area contributed by atoms with Crippen LogP contribution in [0, 0.1) is 17.4 Å². The van der Waals surface area contributed by atoms with Gasteiger partial charge in [0.05, 0.1) is 10.9 Å².